The van der Waals surface area contributed by atoms with Crippen molar-refractivity contribution in [1.29, 1.82) is 0 Å². The van der Waals surface area contributed by atoms with Crippen LogP contribution in [0.2, 0.25) is 0 Å². The number of benzene rings is 2. The molecule has 0 saturated carbocycles. The van der Waals surface area contributed by atoms with Gasteiger partial charge in [0.05, 0.1) is 25.0 Å². The molecular formula is C29H29BrN4O4S. The van der Waals surface area contributed by atoms with Crippen LogP contribution in [0.4, 0.5) is 0 Å². The van der Waals surface area contributed by atoms with Gasteiger partial charge in [0.1, 0.15) is 17.5 Å². The Bertz CT molecular complexity index is 1600. The summed E-state index contributed by atoms with van der Waals surface area (Å²) in [6.07, 6.45) is 5.89. The first-order valence-electron chi connectivity index (χ1n) is 12.7. The minimum absolute atomic E-state index is 0.179. The van der Waals surface area contributed by atoms with Crippen molar-refractivity contribution in [3.05, 3.63) is 85.2 Å². The molecule has 2 aromatic heterocycles. The average molecular weight is 610 g/mol. The monoisotopic (exact) mass is 608 g/mol. The number of hydrazone groups is 1. The Hall–Kier alpha value is -3.50. The number of nitrogens with one attached hydrogen (secondary N) is 1. The Morgan fingerprint density at radius 1 is 1.28 bits per heavy atom. The molecule has 0 aliphatic heterocycles. The number of nitrogens with zero attached hydrogens (tertiary/aromatic N) is 3. The van der Waals surface area contributed by atoms with Gasteiger partial charge in [-0.3, -0.25) is 14.2 Å². The molecule has 1 N–H and O–H groups in total. The summed E-state index contributed by atoms with van der Waals surface area (Å²) in [4.78, 5) is 32.7. The van der Waals surface area contributed by atoms with Crippen molar-refractivity contribution in [1.82, 2.24) is 15.0 Å². The SMILES string of the molecule is COc1cc(/C=N\NC(=O)[C@H](C)n2cnc3sc4c(c3c2=O)CC[C@H](C)C4)ccc1OCc1ccc(Br)cc1. The van der Waals surface area contributed by atoms with Gasteiger partial charge in [-0.2, -0.15) is 5.10 Å². The second kappa shape index (κ2) is 11.7. The lowest BCUT2D eigenvalue weighted by Crippen LogP contribution is -2.34. The quantitative estimate of drug-likeness (QED) is 0.206. The molecule has 0 spiro atoms. The standard InChI is InChI=1S/C29H29BrN4O4S/c1-17-4-10-22-25(12-17)39-28-26(22)29(36)34(16-31-28)18(2)27(35)33-32-14-20-7-11-23(24(13-20)37-3)38-15-19-5-8-21(30)9-6-19/h5-9,11,13-14,16-18H,4,10,12,15H2,1-3H3,(H,33,35)/b32-14-/t17-,18-/m0/s1. The summed E-state index contributed by atoms with van der Waals surface area (Å²) >= 11 is 5.02. The van der Waals surface area contributed by atoms with E-state index in [4.69, 9.17) is 9.47 Å². The van der Waals surface area contributed by atoms with Crippen LogP contribution in [0.5, 0.6) is 11.5 Å². The predicted octanol–water partition coefficient (Wildman–Crippen LogP) is 5.64. The average Bonchev–Trinajstić information content (AvgIpc) is 3.31. The van der Waals surface area contributed by atoms with E-state index in [2.05, 4.69) is 38.4 Å². The minimum Gasteiger partial charge on any atom is -0.493 e. The van der Waals surface area contributed by atoms with Gasteiger partial charge in [-0.05, 0) is 79.1 Å². The molecule has 2 aromatic carbocycles. The molecule has 39 heavy (non-hydrogen) atoms. The van der Waals surface area contributed by atoms with Crippen molar-refractivity contribution < 1.29 is 14.3 Å². The number of ether oxygens (including phenoxy) is 2. The number of rotatable bonds is 8. The number of carbonyl (C=O) groups is 1. The van der Waals surface area contributed by atoms with Crippen LogP contribution in [0.3, 0.4) is 0 Å². The Morgan fingerprint density at radius 3 is 2.85 bits per heavy atom. The van der Waals surface area contributed by atoms with Crippen LogP contribution in [0.25, 0.3) is 10.2 Å². The number of halogens is 1. The van der Waals surface area contributed by atoms with E-state index in [0.29, 0.717) is 29.4 Å². The fraction of sp³-hybridized carbons (Fsp3) is 0.310. The lowest BCUT2D eigenvalue weighted by atomic mass is 9.89. The Balaban J connectivity index is 1.25. The van der Waals surface area contributed by atoms with Crippen molar-refractivity contribution in [2.75, 3.05) is 7.11 Å². The summed E-state index contributed by atoms with van der Waals surface area (Å²) in [5.74, 6) is 1.35. The third kappa shape index (κ3) is 5.91. The number of carbonyl (C=O) groups excluding carboxylic acids is 1. The number of aromatic nitrogens is 2. The van der Waals surface area contributed by atoms with E-state index >= 15 is 0 Å². The first-order chi connectivity index (χ1) is 18.8. The van der Waals surface area contributed by atoms with Crippen LogP contribution in [0, 0.1) is 5.92 Å². The maximum Gasteiger partial charge on any atom is 0.263 e. The summed E-state index contributed by atoms with van der Waals surface area (Å²) in [5, 5.41) is 4.75. The highest BCUT2D eigenvalue weighted by Crippen LogP contribution is 2.35. The third-order valence-electron chi connectivity index (χ3n) is 6.92. The zero-order chi connectivity index (χ0) is 27.5. The summed E-state index contributed by atoms with van der Waals surface area (Å²) in [7, 11) is 1.57. The molecule has 2 heterocycles. The van der Waals surface area contributed by atoms with Gasteiger partial charge >= 0.3 is 0 Å². The Morgan fingerprint density at radius 2 is 2.08 bits per heavy atom. The topological polar surface area (TPSA) is 94.8 Å². The van der Waals surface area contributed by atoms with Gasteiger partial charge in [0.25, 0.3) is 11.5 Å². The highest BCUT2D eigenvalue weighted by molar-refractivity contribution is 9.10. The van der Waals surface area contributed by atoms with Crippen LogP contribution >= 0.6 is 27.3 Å². The first kappa shape index (κ1) is 27.1. The zero-order valence-electron chi connectivity index (χ0n) is 21.9. The summed E-state index contributed by atoms with van der Waals surface area (Å²) in [6, 6.07) is 12.5. The molecule has 0 saturated heterocycles. The van der Waals surface area contributed by atoms with E-state index in [9.17, 15) is 9.59 Å². The molecule has 10 heteroatoms. The maximum absolute atomic E-state index is 13.3. The number of hydrogen-bond acceptors (Lipinski definition) is 7. The fourth-order valence-corrected chi connectivity index (χ4v) is 6.24. The van der Waals surface area contributed by atoms with E-state index < -0.39 is 11.9 Å². The van der Waals surface area contributed by atoms with Gasteiger partial charge in [0.15, 0.2) is 11.5 Å². The molecule has 4 aromatic rings. The van der Waals surface area contributed by atoms with Gasteiger partial charge in [0.2, 0.25) is 0 Å². The molecule has 8 nitrogen and oxygen atoms in total. The smallest absolute Gasteiger partial charge is 0.263 e. The molecule has 0 fully saturated rings. The van der Waals surface area contributed by atoms with Crippen molar-refractivity contribution in [2.45, 2.75) is 45.8 Å². The van der Waals surface area contributed by atoms with Crippen LogP contribution in [0.15, 0.2) is 63.2 Å². The van der Waals surface area contributed by atoms with E-state index in [1.54, 1.807) is 37.5 Å². The molecule has 0 bridgehead atoms. The second-order valence-electron chi connectivity index (χ2n) is 9.72. The number of amides is 1. The molecule has 0 unspecified atom stereocenters. The Labute approximate surface area is 238 Å². The number of aryl methyl sites for hydroxylation is 1. The minimum atomic E-state index is -0.770. The molecule has 5 rings (SSSR count). The van der Waals surface area contributed by atoms with Crippen LogP contribution in [0.1, 0.15) is 47.9 Å². The number of hydrogen-bond donors (Lipinski definition) is 1. The van der Waals surface area contributed by atoms with Gasteiger partial charge in [-0.15, -0.1) is 11.3 Å². The molecule has 2 atom stereocenters. The molecule has 0 radical (unpaired) electrons. The zero-order valence-corrected chi connectivity index (χ0v) is 24.3. The van der Waals surface area contributed by atoms with Crippen molar-refractivity contribution in [3.8, 4) is 11.5 Å². The largest absolute Gasteiger partial charge is 0.493 e. The first-order valence-corrected chi connectivity index (χ1v) is 14.3. The maximum atomic E-state index is 13.3. The predicted molar refractivity (Wildman–Crippen MR) is 157 cm³/mol. The molecular weight excluding hydrogens is 580 g/mol. The number of methoxy groups -OCH3 is 1. The third-order valence-corrected chi connectivity index (χ3v) is 8.61. The van der Waals surface area contributed by atoms with Crippen LogP contribution in [-0.4, -0.2) is 28.8 Å². The second-order valence-corrected chi connectivity index (χ2v) is 11.7. The number of thiophene rings is 1. The summed E-state index contributed by atoms with van der Waals surface area (Å²) in [6.45, 7) is 4.30. The molecule has 1 aliphatic carbocycles. The van der Waals surface area contributed by atoms with Crippen molar-refractivity contribution in [3.63, 3.8) is 0 Å². The van der Waals surface area contributed by atoms with Gasteiger partial charge in [-0.1, -0.05) is 35.0 Å². The highest BCUT2D eigenvalue weighted by Gasteiger charge is 2.25. The van der Waals surface area contributed by atoms with Gasteiger partial charge in [-0.25, -0.2) is 10.4 Å². The van der Waals surface area contributed by atoms with Crippen LogP contribution in [-0.2, 0) is 24.2 Å². The van der Waals surface area contributed by atoms with Crippen molar-refractivity contribution in [2.24, 2.45) is 11.0 Å². The van der Waals surface area contributed by atoms with E-state index in [0.717, 1.165) is 45.3 Å². The summed E-state index contributed by atoms with van der Waals surface area (Å²) < 4.78 is 13.8. The van der Waals surface area contributed by atoms with Gasteiger partial charge < -0.3 is 9.47 Å². The van der Waals surface area contributed by atoms with E-state index in [-0.39, 0.29) is 5.56 Å². The van der Waals surface area contributed by atoms with Crippen LogP contribution < -0.4 is 20.5 Å². The summed E-state index contributed by atoms with van der Waals surface area (Å²) in [5.41, 5.74) is 5.21. The fourth-order valence-electron chi connectivity index (χ4n) is 4.64. The lowest BCUT2D eigenvalue weighted by molar-refractivity contribution is -0.123. The highest BCUT2D eigenvalue weighted by atomic mass is 79.9. The van der Waals surface area contributed by atoms with Crippen molar-refractivity contribution >= 4 is 49.6 Å². The lowest BCUT2D eigenvalue weighted by Gasteiger charge is -2.18. The number of fused-ring (bicyclic) bond motifs is 3. The molecule has 202 valence electrons. The Kier molecular flexibility index (Phi) is 8.13. The normalized spacial score (nSPS) is 15.7. The van der Waals surface area contributed by atoms with E-state index in [1.165, 1.54) is 22.0 Å². The molecule has 1 aliphatic rings. The van der Waals surface area contributed by atoms with Gasteiger partial charge in [0, 0.05) is 9.35 Å². The van der Waals surface area contributed by atoms with E-state index in [1.807, 2.05) is 30.3 Å². The molecule has 1 amide bonds.